The van der Waals surface area contributed by atoms with Crippen LogP contribution >= 0.6 is 0 Å². The van der Waals surface area contributed by atoms with Gasteiger partial charge in [-0.3, -0.25) is 9.59 Å². The molecular weight excluding hydrogens is 182 g/mol. The fourth-order valence-electron chi connectivity index (χ4n) is 1.28. The third kappa shape index (κ3) is 2.70. The second-order valence-electron chi connectivity index (χ2n) is 4.24. The first-order valence-electron chi connectivity index (χ1n) is 4.76. The summed E-state index contributed by atoms with van der Waals surface area (Å²) in [5.41, 5.74) is 5.07. The number of carbonyl (C=O) groups excluding carboxylic acids is 2. The first-order valence-corrected chi connectivity index (χ1v) is 4.76. The number of carbonyl (C=O) groups is 2. The molecule has 1 aliphatic heterocycles. The standard InChI is InChI=1S/C9H17N3O2/c1-9(2,5-10)12-8(14)6-3-4-7(13)11-6/h6H,3-5,10H2,1-2H3,(H,11,13)(H,12,14). The Morgan fingerprint density at radius 2 is 2.36 bits per heavy atom. The Labute approximate surface area is 83.4 Å². The second-order valence-corrected chi connectivity index (χ2v) is 4.24. The van der Waals surface area contributed by atoms with Crippen LogP contribution < -0.4 is 16.4 Å². The lowest BCUT2D eigenvalue weighted by Crippen LogP contribution is -2.54. The van der Waals surface area contributed by atoms with Crippen molar-refractivity contribution in [1.82, 2.24) is 10.6 Å². The van der Waals surface area contributed by atoms with Crippen molar-refractivity contribution < 1.29 is 9.59 Å². The lowest BCUT2D eigenvalue weighted by molar-refractivity contribution is -0.126. The summed E-state index contributed by atoms with van der Waals surface area (Å²) in [7, 11) is 0. The zero-order valence-electron chi connectivity index (χ0n) is 8.59. The van der Waals surface area contributed by atoms with E-state index < -0.39 is 5.54 Å². The average molecular weight is 199 g/mol. The molecule has 0 spiro atoms. The molecule has 0 aromatic rings. The molecule has 1 saturated heterocycles. The normalized spacial score (nSPS) is 21.9. The summed E-state index contributed by atoms with van der Waals surface area (Å²) in [6, 6.07) is -0.381. The van der Waals surface area contributed by atoms with Gasteiger partial charge < -0.3 is 16.4 Å². The highest BCUT2D eigenvalue weighted by molar-refractivity contribution is 5.91. The molecule has 0 bridgehead atoms. The summed E-state index contributed by atoms with van der Waals surface area (Å²) in [4.78, 5) is 22.5. The topological polar surface area (TPSA) is 84.2 Å². The molecule has 0 aromatic carbocycles. The van der Waals surface area contributed by atoms with Crippen LogP contribution in [-0.4, -0.2) is 29.9 Å². The van der Waals surface area contributed by atoms with E-state index >= 15 is 0 Å². The molecule has 4 N–H and O–H groups in total. The van der Waals surface area contributed by atoms with Gasteiger partial charge in [-0.1, -0.05) is 0 Å². The van der Waals surface area contributed by atoms with E-state index in [-0.39, 0.29) is 17.9 Å². The van der Waals surface area contributed by atoms with E-state index in [4.69, 9.17) is 5.73 Å². The highest BCUT2D eigenvalue weighted by Crippen LogP contribution is 2.08. The fourth-order valence-corrected chi connectivity index (χ4v) is 1.28. The zero-order valence-corrected chi connectivity index (χ0v) is 8.59. The number of hydrogen-bond acceptors (Lipinski definition) is 3. The number of nitrogens with two attached hydrogens (primary N) is 1. The molecule has 0 aliphatic carbocycles. The van der Waals surface area contributed by atoms with Crippen molar-refractivity contribution in [1.29, 1.82) is 0 Å². The smallest absolute Gasteiger partial charge is 0.243 e. The molecular formula is C9H17N3O2. The van der Waals surface area contributed by atoms with Crippen LogP contribution in [0.15, 0.2) is 0 Å². The maximum atomic E-state index is 11.6. The molecule has 0 aromatic heterocycles. The van der Waals surface area contributed by atoms with Crippen LogP contribution in [0, 0.1) is 0 Å². The minimum Gasteiger partial charge on any atom is -0.348 e. The SMILES string of the molecule is CC(C)(CN)NC(=O)C1CCC(=O)N1. The molecule has 5 heteroatoms. The Morgan fingerprint density at radius 3 is 2.79 bits per heavy atom. The van der Waals surface area contributed by atoms with Gasteiger partial charge in [-0.25, -0.2) is 0 Å². The van der Waals surface area contributed by atoms with Crippen LogP contribution in [0.5, 0.6) is 0 Å². The largest absolute Gasteiger partial charge is 0.348 e. The van der Waals surface area contributed by atoms with Crippen molar-refractivity contribution >= 4 is 11.8 Å². The van der Waals surface area contributed by atoms with Gasteiger partial charge in [0.2, 0.25) is 11.8 Å². The van der Waals surface area contributed by atoms with Gasteiger partial charge in [0.05, 0.1) is 0 Å². The van der Waals surface area contributed by atoms with E-state index in [1.807, 2.05) is 13.8 Å². The van der Waals surface area contributed by atoms with Crippen molar-refractivity contribution in [2.45, 2.75) is 38.3 Å². The quantitative estimate of drug-likeness (QED) is 0.552. The van der Waals surface area contributed by atoms with Crippen molar-refractivity contribution in [3.05, 3.63) is 0 Å². The van der Waals surface area contributed by atoms with Crippen molar-refractivity contribution in [3.63, 3.8) is 0 Å². The lowest BCUT2D eigenvalue weighted by Gasteiger charge is -2.25. The Balaban J connectivity index is 2.46. The molecule has 5 nitrogen and oxygen atoms in total. The summed E-state index contributed by atoms with van der Waals surface area (Å²) in [6.45, 7) is 4.07. The molecule has 1 unspecified atom stereocenters. The van der Waals surface area contributed by atoms with Gasteiger partial charge >= 0.3 is 0 Å². The Hall–Kier alpha value is -1.10. The van der Waals surface area contributed by atoms with Crippen molar-refractivity contribution in [3.8, 4) is 0 Å². The number of nitrogens with one attached hydrogen (secondary N) is 2. The fraction of sp³-hybridized carbons (Fsp3) is 0.778. The highest BCUT2D eigenvalue weighted by Gasteiger charge is 2.30. The summed E-state index contributed by atoms with van der Waals surface area (Å²) in [5, 5.41) is 5.40. The Kier molecular flexibility index (Phi) is 3.10. The Bertz CT molecular complexity index is 250. The molecule has 14 heavy (non-hydrogen) atoms. The molecule has 80 valence electrons. The van der Waals surface area contributed by atoms with Crippen LogP contribution in [0.2, 0.25) is 0 Å². The van der Waals surface area contributed by atoms with Crippen LogP contribution in [0.1, 0.15) is 26.7 Å². The van der Waals surface area contributed by atoms with Crippen molar-refractivity contribution in [2.75, 3.05) is 6.54 Å². The van der Waals surface area contributed by atoms with E-state index in [2.05, 4.69) is 10.6 Å². The number of amides is 2. The maximum absolute atomic E-state index is 11.6. The van der Waals surface area contributed by atoms with Crippen LogP contribution in [0.4, 0.5) is 0 Å². The number of rotatable bonds is 3. The van der Waals surface area contributed by atoms with Gasteiger partial charge in [-0.05, 0) is 20.3 Å². The molecule has 1 atom stereocenters. The van der Waals surface area contributed by atoms with E-state index in [9.17, 15) is 9.59 Å². The molecule has 1 aliphatic rings. The van der Waals surface area contributed by atoms with Gasteiger partial charge in [-0.15, -0.1) is 0 Å². The highest BCUT2D eigenvalue weighted by atomic mass is 16.2. The van der Waals surface area contributed by atoms with E-state index in [1.54, 1.807) is 0 Å². The summed E-state index contributed by atoms with van der Waals surface area (Å²) >= 11 is 0. The first kappa shape index (κ1) is 11.0. The van der Waals surface area contributed by atoms with Gasteiger partial charge in [0.25, 0.3) is 0 Å². The molecule has 2 amide bonds. The second kappa shape index (κ2) is 3.96. The van der Waals surface area contributed by atoms with Gasteiger partial charge in [0, 0.05) is 18.5 Å². The predicted octanol–water partition coefficient (Wildman–Crippen LogP) is -0.881. The van der Waals surface area contributed by atoms with E-state index in [0.717, 1.165) is 0 Å². The maximum Gasteiger partial charge on any atom is 0.243 e. The summed E-state index contributed by atoms with van der Waals surface area (Å²) in [5.74, 6) is -0.206. The van der Waals surface area contributed by atoms with Crippen molar-refractivity contribution in [2.24, 2.45) is 5.73 Å². The molecule has 1 rings (SSSR count). The first-order chi connectivity index (χ1) is 6.44. The van der Waals surface area contributed by atoms with Crippen LogP contribution in [0.3, 0.4) is 0 Å². The third-order valence-electron chi connectivity index (χ3n) is 2.28. The molecule has 0 saturated carbocycles. The molecule has 1 heterocycles. The molecule has 0 radical (unpaired) electrons. The summed E-state index contributed by atoms with van der Waals surface area (Å²) in [6.07, 6.45) is 1.01. The molecule has 1 fully saturated rings. The van der Waals surface area contributed by atoms with Crippen LogP contribution in [0.25, 0.3) is 0 Å². The number of hydrogen-bond donors (Lipinski definition) is 3. The summed E-state index contributed by atoms with van der Waals surface area (Å²) < 4.78 is 0. The van der Waals surface area contributed by atoms with Crippen LogP contribution in [-0.2, 0) is 9.59 Å². The monoisotopic (exact) mass is 199 g/mol. The lowest BCUT2D eigenvalue weighted by atomic mass is 10.1. The minimum absolute atomic E-state index is 0.0595. The average Bonchev–Trinajstić information content (AvgIpc) is 2.51. The van der Waals surface area contributed by atoms with E-state index in [0.29, 0.717) is 19.4 Å². The van der Waals surface area contributed by atoms with E-state index in [1.165, 1.54) is 0 Å². The predicted molar refractivity (Wildman–Crippen MR) is 52.4 cm³/mol. The Morgan fingerprint density at radius 1 is 1.71 bits per heavy atom. The van der Waals surface area contributed by atoms with Gasteiger partial charge in [0.15, 0.2) is 0 Å². The van der Waals surface area contributed by atoms with Gasteiger partial charge in [-0.2, -0.15) is 0 Å². The third-order valence-corrected chi connectivity index (χ3v) is 2.28. The van der Waals surface area contributed by atoms with Gasteiger partial charge in [0.1, 0.15) is 6.04 Å². The minimum atomic E-state index is -0.412. The zero-order chi connectivity index (χ0) is 10.8.